The van der Waals surface area contributed by atoms with Crippen molar-refractivity contribution in [3.05, 3.63) is 35.9 Å². The summed E-state index contributed by atoms with van der Waals surface area (Å²) in [6, 6.07) is 8.75. The lowest BCUT2D eigenvalue weighted by molar-refractivity contribution is -0.141. The van der Waals surface area contributed by atoms with E-state index in [0.717, 1.165) is 5.56 Å². The molecule has 32 heavy (non-hydrogen) atoms. The van der Waals surface area contributed by atoms with E-state index in [1.54, 1.807) is 30.6 Å². The average molecular weight is 444 g/mol. The van der Waals surface area contributed by atoms with Gasteiger partial charge in [-0.2, -0.15) is 0 Å². The lowest BCUT2D eigenvalue weighted by Crippen LogP contribution is -2.64. The van der Waals surface area contributed by atoms with E-state index in [0.29, 0.717) is 19.6 Å². The van der Waals surface area contributed by atoms with Crippen LogP contribution in [0.1, 0.15) is 39.3 Å². The zero-order valence-electron chi connectivity index (χ0n) is 18.9. The number of cyclic esters (lactones) is 1. The molecule has 0 N–H and O–H groups in total. The van der Waals surface area contributed by atoms with E-state index in [1.807, 2.05) is 30.3 Å². The van der Waals surface area contributed by atoms with Crippen molar-refractivity contribution in [1.29, 1.82) is 0 Å². The molecule has 0 saturated carbocycles. The van der Waals surface area contributed by atoms with Gasteiger partial charge < -0.3 is 19.3 Å². The second-order valence-corrected chi connectivity index (χ2v) is 9.86. The number of nitrogens with zero attached hydrogens (tertiary/aromatic N) is 3. The summed E-state index contributed by atoms with van der Waals surface area (Å²) in [7, 11) is 0. The van der Waals surface area contributed by atoms with Gasteiger partial charge in [0.05, 0.1) is 5.92 Å². The molecule has 3 aliphatic rings. The van der Waals surface area contributed by atoms with Gasteiger partial charge in [-0.05, 0) is 26.3 Å². The first-order valence-electron chi connectivity index (χ1n) is 10.8. The van der Waals surface area contributed by atoms with E-state index in [4.69, 9.17) is 9.47 Å². The topological polar surface area (TPSA) is 96.5 Å². The van der Waals surface area contributed by atoms with Crippen molar-refractivity contribution in [1.82, 2.24) is 14.7 Å². The smallest absolute Gasteiger partial charge is 0.417 e. The van der Waals surface area contributed by atoms with E-state index in [9.17, 15) is 19.2 Å². The number of carbonyl (C=O) groups is 4. The fourth-order valence-electron chi connectivity index (χ4n) is 4.79. The molecular formula is C23H29N3O6. The molecule has 0 radical (unpaired) electrons. The van der Waals surface area contributed by atoms with Gasteiger partial charge in [-0.1, -0.05) is 30.3 Å². The number of hydrogen-bond donors (Lipinski definition) is 0. The molecular weight excluding hydrogens is 414 g/mol. The zero-order chi connectivity index (χ0) is 23.3. The zero-order valence-corrected chi connectivity index (χ0v) is 18.9. The second kappa shape index (κ2) is 7.79. The number of imide groups is 1. The van der Waals surface area contributed by atoms with Crippen molar-refractivity contribution < 1.29 is 28.7 Å². The van der Waals surface area contributed by atoms with E-state index in [2.05, 4.69) is 0 Å². The maximum atomic E-state index is 13.7. The number of benzene rings is 1. The molecule has 9 nitrogen and oxygen atoms in total. The van der Waals surface area contributed by atoms with Crippen LogP contribution < -0.4 is 0 Å². The lowest BCUT2D eigenvalue weighted by atomic mass is 9.71. The van der Waals surface area contributed by atoms with Gasteiger partial charge in [-0.25, -0.2) is 14.5 Å². The first-order chi connectivity index (χ1) is 15.0. The Balaban J connectivity index is 1.56. The fraction of sp³-hybridized carbons (Fsp3) is 0.565. The molecule has 3 aliphatic heterocycles. The van der Waals surface area contributed by atoms with Gasteiger partial charge >= 0.3 is 12.2 Å². The number of amides is 4. The molecule has 3 fully saturated rings. The molecule has 4 rings (SSSR count). The number of rotatable bonds is 2. The molecule has 172 valence electrons. The third-order valence-corrected chi connectivity index (χ3v) is 6.35. The summed E-state index contributed by atoms with van der Waals surface area (Å²) in [5.41, 5.74) is -0.423. The first kappa shape index (κ1) is 22.1. The van der Waals surface area contributed by atoms with Crippen LogP contribution in [0.5, 0.6) is 0 Å². The van der Waals surface area contributed by atoms with Crippen molar-refractivity contribution >= 4 is 24.0 Å². The Morgan fingerprint density at radius 1 is 1.06 bits per heavy atom. The molecule has 1 aromatic rings. The van der Waals surface area contributed by atoms with Gasteiger partial charge in [-0.15, -0.1) is 0 Å². The van der Waals surface area contributed by atoms with Crippen LogP contribution in [-0.4, -0.2) is 77.1 Å². The van der Waals surface area contributed by atoms with Gasteiger partial charge in [-0.3, -0.25) is 9.59 Å². The van der Waals surface area contributed by atoms with Gasteiger partial charge in [0.15, 0.2) is 0 Å². The van der Waals surface area contributed by atoms with Crippen LogP contribution in [0.25, 0.3) is 0 Å². The molecule has 2 atom stereocenters. The highest BCUT2D eigenvalue weighted by atomic mass is 16.6. The van der Waals surface area contributed by atoms with Crippen molar-refractivity contribution in [2.45, 2.75) is 39.3 Å². The Bertz CT molecular complexity index is 935. The Morgan fingerprint density at radius 2 is 1.69 bits per heavy atom. The summed E-state index contributed by atoms with van der Waals surface area (Å²) in [5, 5.41) is 0. The quantitative estimate of drug-likeness (QED) is 0.697. The SMILES string of the molecule is CC(=O)N1C[C@@H](C(=O)N2C(=O)OC[C@H]2c2ccccc2)C2(C1)CN(C(=O)OC(C)(C)C)C2. The highest BCUT2D eigenvalue weighted by Crippen LogP contribution is 2.46. The minimum Gasteiger partial charge on any atom is -0.446 e. The van der Waals surface area contributed by atoms with Gasteiger partial charge in [0.25, 0.3) is 0 Å². The standard InChI is InChI=1S/C23H29N3O6/c1-15(27)24-10-17(23(12-24)13-25(14-23)20(29)32-22(2,3)4)19(28)26-18(11-31-21(26)30)16-8-6-5-7-9-16/h5-9,17-18H,10-14H2,1-4H3/t17-,18-/m0/s1. The van der Waals surface area contributed by atoms with E-state index in [-0.39, 0.29) is 25.0 Å². The normalized spacial score (nSPS) is 24.4. The molecule has 0 aliphatic carbocycles. The highest BCUT2D eigenvalue weighted by molar-refractivity contribution is 5.96. The predicted molar refractivity (Wildman–Crippen MR) is 113 cm³/mol. The largest absolute Gasteiger partial charge is 0.446 e. The van der Waals surface area contributed by atoms with Crippen LogP contribution >= 0.6 is 0 Å². The monoisotopic (exact) mass is 443 g/mol. The van der Waals surface area contributed by atoms with Crippen molar-refractivity contribution in [3.63, 3.8) is 0 Å². The number of likely N-dealkylation sites (tertiary alicyclic amines) is 2. The van der Waals surface area contributed by atoms with Crippen LogP contribution in [0.15, 0.2) is 30.3 Å². The van der Waals surface area contributed by atoms with Gasteiger partial charge in [0.2, 0.25) is 11.8 Å². The second-order valence-electron chi connectivity index (χ2n) is 9.86. The summed E-state index contributed by atoms with van der Waals surface area (Å²) in [4.78, 5) is 55.2. The number of ether oxygens (including phenoxy) is 2. The third-order valence-electron chi connectivity index (χ3n) is 6.35. The molecule has 9 heteroatoms. The van der Waals surface area contributed by atoms with E-state index < -0.39 is 35.2 Å². The first-order valence-corrected chi connectivity index (χ1v) is 10.8. The molecule has 0 bridgehead atoms. The maximum Gasteiger partial charge on any atom is 0.417 e. The molecule has 1 spiro atoms. The maximum absolute atomic E-state index is 13.7. The molecule has 4 amide bonds. The van der Waals surface area contributed by atoms with Crippen molar-refractivity contribution in [2.24, 2.45) is 11.3 Å². The molecule has 0 unspecified atom stereocenters. The van der Waals surface area contributed by atoms with Crippen LogP contribution in [-0.2, 0) is 19.1 Å². The van der Waals surface area contributed by atoms with E-state index >= 15 is 0 Å². The van der Waals surface area contributed by atoms with Crippen LogP contribution in [0.4, 0.5) is 9.59 Å². The molecule has 1 aromatic carbocycles. The number of carbonyl (C=O) groups excluding carboxylic acids is 4. The summed E-state index contributed by atoms with van der Waals surface area (Å²) in [6.45, 7) is 8.09. The predicted octanol–water partition coefficient (Wildman–Crippen LogP) is 2.42. The van der Waals surface area contributed by atoms with Gasteiger partial charge in [0.1, 0.15) is 18.2 Å². The Hall–Kier alpha value is -3.10. The average Bonchev–Trinajstić information content (AvgIpc) is 3.27. The minimum atomic E-state index is -0.677. The molecule has 3 saturated heterocycles. The van der Waals surface area contributed by atoms with Crippen molar-refractivity contribution in [3.8, 4) is 0 Å². The molecule has 3 heterocycles. The summed E-state index contributed by atoms with van der Waals surface area (Å²) < 4.78 is 10.7. The third kappa shape index (κ3) is 3.91. The number of hydrogen-bond acceptors (Lipinski definition) is 6. The Morgan fingerprint density at radius 3 is 2.28 bits per heavy atom. The Labute approximate surface area is 187 Å². The molecule has 0 aromatic heterocycles. The highest BCUT2D eigenvalue weighted by Gasteiger charge is 2.61. The van der Waals surface area contributed by atoms with Crippen LogP contribution in [0.3, 0.4) is 0 Å². The summed E-state index contributed by atoms with van der Waals surface area (Å²) >= 11 is 0. The summed E-state index contributed by atoms with van der Waals surface area (Å²) in [6.07, 6.45) is -1.12. The van der Waals surface area contributed by atoms with E-state index in [1.165, 1.54) is 11.8 Å². The summed E-state index contributed by atoms with van der Waals surface area (Å²) in [5.74, 6) is -1.12. The van der Waals surface area contributed by atoms with Crippen molar-refractivity contribution in [2.75, 3.05) is 32.8 Å². The van der Waals surface area contributed by atoms with Crippen LogP contribution in [0.2, 0.25) is 0 Å². The van der Waals surface area contributed by atoms with Gasteiger partial charge in [0, 0.05) is 38.5 Å². The lowest BCUT2D eigenvalue weighted by Gasteiger charge is -2.50. The Kier molecular flexibility index (Phi) is 5.38. The minimum absolute atomic E-state index is 0.0920. The fourth-order valence-corrected chi connectivity index (χ4v) is 4.79. The van der Waals surface area contributed by atoms with Crippen LogP contribution in [0, 0.1) is 11.3 Å².